The van der Waals surface area contributed by atoms with Gasteiger partial charge < -0.3 is 9.88 Å². The van der Waals surface area contributed by atoms with Gasteiger partial charge in [0.15, 0.2) is 0 Å². The van der Waals surface area contributed by atoms with Crippen LogP contribution < -0.4 is 5.32 Å². The summed E-state index contributed by atoms with van der Waals surface area (Å²) < 4.78 is 2.16. The van der Waals surface area contributed by atoms with Crippen LogP contribution in [0.2, 0.25) is 0 Å². The molecule has 144 valence electrons. The van der Waals surface area contributed by atoms with E-state index in [-0.39, 0.29) is 18.0 Å². The zero-order valence-corrected chi connectivity index (χ0v) is 16.4. The van der Waals surface area contributed by atoms with Gasteiger partial charge in [0.1, 0.15) is 6.04 Å². The smallest absolute Gasteiger partial charge is 0.243 e. The number of fused-ring (bicyclic) bond motifs is 1. The number of nitrogens with zero attached hydrogens (tertiary/aromatic N) is 5. The number of hydrogen-bond acceptors (Lipinski definition) is 5. The minimum Gasteiger partial charge on any atom is -0.349 e. The highest BCUT2D eigenvalue weighted by Crippen LogP contribution is 2.36. The average molecular weight is 368 g/mol. The van der Waals surface area contributed by atoms with Crippen LogP contribution in [0.15, 0.2) is 18.7 Å². The van der Waals surface area contributed by atoms with E-state index in [0.717, 1.165) is 48.2 Å². The van der Waals surface area contributed by atoms with Gasteiger partial charge in [-0.05, 0) is 39.5 Å². The summed E-state index contributed by atoms with van der Waals surface area (Å²) in [4.78, 5) is 28.8. The molecule has 7 heteroatoms. The quantitative estimate of drug-likeness (QED) is 0.846. The molecule has 7 nitrogen and oxygen atoms in total. The lowest BCUT2D eigenvalue weighted by Crippen LogP contribution is -2.46. The number of nitrogens with one attached hydrogen (secondary N) is 1. The first-order valence-corrected chi connectivity index (χ1v) is 9.88. The van der Waals surface area contributed by atoms with Crippen molar-refractivity contribution in [1.29, 1.82) is 0 Å². The van der Waals surface area contributed by atoms with Crippen LogP contribution >= 0.6 is 0 Å². The van der Waals surface area contributed by atoms with E-state index >= 15 is 0 Å². The van der Waals surface area contributed by atoms with Crippen molar-refractivity contribution in [3.8, 4) is 0 Å². The molecule has 1 unspecified atom stereocenters. The molecular weight excluding hydrogens is 340 g/mol. The van der Waals surface area contributed by atoms with Gasteiger partial charge in [0.2, 0.25) is 5.91 Å². The third kappa shape index (κ3) is 3.88. The summed E-state index contributed by atoms with van der Waals surface area (Å²) in [5.41, 5.74) is 3.77. The molecular formula is C20H28N6O. The molecule has 1 amide bonds. The molecule has 2 aromatic rings. The van der Waals surface area contributed by atoms with Crippen molar-refractivity contribution in [1.82, 2.24) is 29.7 Å². The maximum Gasteiger partial charge on any atom is 0.243 e. The largest absolute Gasteiger partial charge is 0.349 e. The fraction of sp³-hybridized carbons (Fsp3) is 0.600. The average Bonchev–Trinajstić information content (AvgIpc) is 3.36. The number of carbonyl (C=O) groups is 1. The normalized spacial score (nSPS) is 19.9. The third-order valence-corrected chi connectivity index (χ3v) is 5.44. The fourth-order valence-electron chi connectivity index (χ4n) is 3.77. The van der Waals surface area contributed by atoms with Crippen LogP contribution in [0.5, 0.6) is 0 Å². The lowest BCUT2D eigenvalue weighted by molar-refractivity contribution is -0.127. The van der Waals surface area contributed by atoms with E-state index in [1.807, 2.05) is 13.3 Å². The Morgan fingerprint density at radius 2 is 2.07 bits per heavy atom. The van der Waals surface area contributed by atoms with Crippen molar-refractivity contribution >= 4 is 5.91 Å². The van der Waals surface area contributed by atoms with E-state index in [1.165, 1.54) is 12.8 Å². The number of hydrogen-bond donors (Lipinski definition) is 1. The first-order valence-electron chi connectivity index (χ1n) is 9.88. The molecule has 1 atom stereocenters. The van der Waals surface area contributed by atoms with Gasteiger partial charge in [0, 0.05) is 31.7 Å². The lowest BCUT2D eigenvalue weighted by atomic mass is 10.0. The summed E-state index contributed by atoms with van der Waals surface area (Å²) in [6.07, 6.45) is 8.81. The molecule has 3 heterocycles. The van der Waals surface area contributed by atoms with E-state index in [9.17, 15) is 4.79 Å². The number of aryl methyl sites for hydroxylation is 1. The molecule has 0 bridgehead atoms. The fourth-order valence-corrected chi connectivity index (χ4v) is 3.77. The maximum atomic E-state index is 13.2. The van der Waals surface area contributed by atoms with Gasteiger partial charge in [0.05, 0.1) is 41.8 Å². The predicted octanol–water partition coefficient (Wildman–Crippen LogP) is 2.19. The summed E-state index contributed by atoms with van der Waals surface area (Å²) in [5, 5.41) is 3.08. The second-order valence-corrected chi connectivity index (χ2v) is 8.04. The van der Waals surface area contributed by atoms with Crippen LogP contribution in [-0.2, 0) is 17.8 Å². The summed E-state index contributed by atoms with van der Waals surface area (Å²) >= 11 is 0. The van der Waals surface area contributed by atoms with Crippen molar-refractivity contribution in [2.75, 3.05) is 13.1 Å². The zero-order valence-electron chi connectivity index (χ0n) is 16.4. The van der Waals surface area contributed by atoms with E-state index in [2.05, 4.69) is 43.6 Å². The molecule has 0 spiro atoms. The molecule has 2 aliphatic rings. The summed E-state index contributed by atoms with van der Waals surface area (Å²) in [5.74, 6) is 0.765. The van der Waals surface area contributed by atoms with Gasteiger partial charge >= 0.3 is 0 Å². The molecule has 0 aromatic carbocycles. The van der Waals surface area contributed by atoms with Gasteiger partial charge in [-0.15, -0.1) is 0 Å². The lowest BCUT2D eigenvalue weighted by Gasteiger charge is -2.36. The molecule has 0 saturated heterocycles. The van der Waals surface area contributed by atoms with Crippen LogP contribution in [0.1, 0.15) is 61.5 Å². The Labute approximate surface area is 160 Å². The minimum absolute atomic E-state index is 0.0291. The molecule has 4 rings (SSSR count). The Morgan fingerprint density at radius 1 is 1.26 bits per heavy atom. The van der Waals surface area contributed by atoms with E-state index in [1.54, 1.807) is 12.4 Å². The second-order valence-electron chi connectivity index (χ2n) is 8.04. The van der Waals surface area contributed by atoms with Crippen LogP contribution in [0.3, 0.4) is 0 Å². The monoisotopic (exact) mass is 368 g/mol. The van der Waals surface area contributed by atoms with Crippen molar-refractivity contribution in [2.24, 2.45) is 5.92 Å². The van der Waals surface area contributed by atoms with Gasteiger partial charge in [-0.2, -0.15) is 0 Å². The van der Waals surface area contributed by atoms with Crippen molar-refractivity contribution < 1.29 is 4.79 Å². The van der Waals surface area contributed by atoms with Crippen LogP contribution in [0.4, 0.5) is 0 Å². The number of aromatic nitrogens is 4. The van der Waals surface area contributed by atoms with E-state index in [4.69, 9.17) is 0 Å². The molecule has 1 N–H and O–H groups in total. The minimum atomic E-state index is -0.280. The van der Waals surface area contributed by atoms with Crippen molar-refractivity contribution in [2.45, 2.75) is 58.7 Å². The Kier molecular flexibility index (Phi) is 4.95. The molecule has 2 aromatic heterocycles. The van der Waals surface area contributed by atoms with E-state index in [0.29, 0.717) is 6.54 Å². The molecule has 1 aliphatic heterocycles. The maximum absolute atomic E-state index is 13.2. The Hall–Kier alpha value is -2.28. The van der Waals surface area contributed by atoms with E-state index < -0.39 is 0 Å². The van der Waals surface area contributed by atoms with Gasteiger partial charge in [-0.3, -0.25) is 19.7 Å². The second kappa shape index (κ2) is 7.38. The van der Waals surface area contributed by atoms with Crippen molar-refractivity contribution in [3.63, 3.8) is 0 Å². The van der Waals surface area contributed by atoms with Crippen LogP contribution in [-0.4, -0.2) is 43.4 Å². The zero-order chi connectivity index (χ0) is 19.0. The summed E-state index contributed by atoms with van der Waals surface area (Å²) in [6, 6.07) is -0.00181. The van der Waals surface area contributed by atoms with Crippen molar-refractivity contribution in [3.05, 3.63) is 41.5 Å². The Balaban J connectivity index is 1.57. The predicted molar refractivity (Wildman–Crippen MR) is 102 cm³/mol. The molecule has 1 saturated carbocycles. The Morgan fingerprint density at radius 3 is 2.74 bits per heavy atom. The van der Waals surface area contributed by atoms with Crippen LogP contribution in [0.25, 0.3) is 0 Å². The third-order valence-electron chi connectivity index (χ3n) is 5.44. The summed E-state index contributed by atoms with van der Waals surface area (Å²) in [6.45, 7) is 8.45. The van der Waals surface area contributed by atoms with Crippen LogP contribution in [0, 0.1) is 12.8 Å². The summed E-state index contributed by atoms with van der Waals surface area (Å²) in [7, 11) is 0. The molecule has 1 aliphatic carbocycles. The first kappa shape index (κ1) is 18.1. The van der Waals surface area contributed by atoms with Gasteiger partial charge in [-0.25, -0.2) is 4.98 Å². The topological polar surface area (TPSA) is 75.9 Å². The standard InChI is InChI=1S/C20H28N6O/c1-13(2)26-12-24-17-6-7-25(11-15-4-5-15)19(18(17)26)20(27)23-10-16-9-21-14(3)8-22-16/h8-9,12-13,15,19H,4-7,10-11H2,1-3H3,(H,23,27). The molecule has 1 fully saturated rings. The van der Waals surface area contributed by atoms with Gasteiger partial charge in [0.25, 0.3) is 0 Å². The highest BCUT2D eigenvalue weighted by molar-refractivity contribution is 5.83. The first-order chi connectivity index (χ1) is 13.0. The highest BCUT2D eigenvalue weighted by Gasteiger charge is 2.39. The molecule has 27 heavy (non-hydrogen) atoms. The number of imidazole rings is 1. The SMILES string of the molecule is Cc1cnc(CNC(=O)C2c3c(ncn3C(C)C)CCN2CC2CC2)cn1. The molecule has 0 radical (unpaired) electrons. The number of rotatable bonds is 6. The van der Waals surface area contributed by atoms with Gasteiger partial charge in [-0.1, -0.05) is 0 Å². The highest BCUT2D eigenvalue weighted by atomic mass is 16.2. The number of carbonyl (C=O) groups excluding carboxylic acids is 1. The number of amides is 1. The Bertz CT molecular complexity index is 808.